The molecule has 0 amide bonds. The lowest BCUT2D eigenvalue weighted by Crippen LogP contribution is -2.16. The molecule has 0 aromatic heterocycles. The summed E-state index contributed by atoms with van der Waals surface area (Å²) in [7, 11) is 0. The second kappa shape index (κ2) is 11.2. The van der Waals surface area contributed by atoms with Crippen LogP contribution in [0.5, 0.6) is 0 Å². The van der Waals surface area contributed by atoms with Crippen LogP contribution in [0.3, 0.4) is 0 Å². The van der Waals surface area contributed by atoms with Gasteiger partial charge in [0.1, 0.15) is 0 Å². The maximum Gasteiger partial charge on any atom is 0.0630 e. The quantitative estimate of drug-likeness (QED) is 0.673. The van der Waals surface area contributed by atoms with E-state index in [-0.39, 0.29) is 18.5 Å². The number of hydrogen-bond donors (Lipinski definition) is 1. The van der Waals surface area contributed by atoms with Gasteiger partial charge in [0, 0.05) is 5.75 Å². The third kappa shape index (κ3) is 7.56. The van der Waals surface area contributed by atoms with Gasteiger partial charge in [0.25, 0.3) is 0 Å². The van der Waals surface area contributed by atoms with Crippen molar-refractivity contribution in [2.24, 2.45) is 11.8 Å². The minimum atomic E-state index is -0.0458. The smallest absolute Gasteiger partial charge is 0.0630 e. The fourth-order valence-electron chi connectivity index (χ4n) is 3.71. The van der Waals surface area contributed by atoms with E-state index in [0.717, 1.165) is 24.0 Å². The molecule has 2 aliphatic rings. The van der Waals surface area contributed by atoms with Gasteiger partial charge in [-0.05, 0) is 43.3 Å². The van der Waals surface area contributed by atoms with Crippen LogP contribution in [0.4, 0.5) is 0 Å². The van der Waals surface area contributed by atoms with E-state index in [1.54, 1.807) is 0 Å². The standard InChI is InChI=1S/C17H32OS.ClH/c18-17(12-11-15-7-3-1-4-8-15)14-19-13-16-9-5-2-6-10-16;/h15-18H,1-14H2;1H. The van der Waals surface area contributed by atoms with Crippen LogP contribution in [0.2, 0.25) is 0 Å². The number of rotatable bonds is 7. The topological polar surface area (TPSA) is 20.2 Å². The maximum absolute atomic E-state index is 10.1. The van der Waals surface area contributed by atoms with E-state index in [1.807, 2.05) is 11.8 Å². The van der Waals surface area contributed by atoms with Gasteiger partial charge in [0.15, 0.2) is 0 Å². The number of hydrogen-bond acceptors (Lipinski definition) is 2. The summed E-state index contributed by atoms with van der Waals surface area (Å²) in [5, 5.41) is 10.1. The Labute approximate surface area is 136 Å². The van der Waals surface area contributed by atoms with Gasteiger partial charge < -0.3 is 5.11 Å². The fraction of sp³-hybridized carbons (Fsp3) is 1.00. The molecule has 1 nitrogen and oxygen atoms in total. The van der Waals surface area contributed by atoms with Gasteiger partial charge in [0.2, 0.25) is 0 Å². The van der Waals surface area contributed by atoms with Crippen molar-refractivity contribution in [2.45, 2.75) is 83.2 Å². The Balaban J connectivity index is 0.00000200. The molecule has 2 rings (SSSR count). The molecule has 1 atom stereocenters. The Bertz CT molecular complexity index is 225. The van der Waals surface area contributed by atoms with Gasteiger partial charge in [-0.1, -0.05) is 51.4 Å². The highest BCUT2D eigenvalue weighted by Crippen LogP contribution is 2.29. The normalized spacial score (nSPS) is 23.2. The Kier molecular flexibility index (Phi) is 10.4. The molecule has 2 saturated carbocycles. The molecular formula is C17H33ClOS. The second-order valence-electron chi connectivity index (χ2n) is 6.78. The molecule has 3 heteroatoms. The lowest BCUT2D eigenvalue weighted by molar-refractivity contribution is 0.171. The second-order valence-corrected chi connectivity index (χ2v) is 7.85. The maximum atomic E-state index is 10.1. The zero-order valence-corrected chi connectivity index (χ0v) is 14.5. The number of halogens is 1. The molecule has 1 N–H and O–H groups in total. The van der Waals surface area contributed by atoms with E-state index in [9.17, 15) is 5.11 Å². The number of aliphatic hydroxyl groups excluding tert-OH is 1. The number of aliphatic hydroxyl groups is 1. The summed E-state index contributed by atoms with van der Waals surface area (Å²) < 4.78 is 0. The van der Waals surface area contributed by atoms with E-state index >= 15 is 0 Å². The molecule has 1 unspecified atom stereocenters. The highest BCUT2D eigenvalue weighted by atomic mass is 35.5. The summed E-state index contributed by atoms with van der Waals surface area (Å²) in [4.78, 5) is 0. The molecule has 0 saturated heterocycles. The average Bonchev–Trinajstić information content (AvgIpc) is 2.47. The first-order valence-corrected chi connectivity index (χ1v) is 9.76. The van der Waals surface area contributed by atoms with E-state index in [4.69, 9.17) is 0 Å². The van der Waals surface area contributed by atoms with Gasteiger partial charge in [0.05, 0.1) is 6.10 Å². The molecule has 20 heavy (non-hydrogen) atoms. The number of thioether (sulfide) groups is 1. The zero-order chi connectivity index (χ0) is 13.3. The third-order valence-electron chi connectivity index (χ3n) is 5.02. The first-order chi connectivity index (χ1) is 9.34. The van der Waals surface area contributed by atoms with Gasteiger partial charge in [-0.25, -0.2) is 0 Å². The Morgan fingerprint density at radius 3 is 2.00 bits per heavy atom. The predicted molar refractivity (Wildman–Crippen MR) is 93.0 cm³/mol. The lowest BCUT2D eigenvalue weighted by Gasteiger charge is -2.23. The summed E-state index contributed by atoms with van der Waals surface area (Å²) in [6, 6.07) is 0. The van der Waals surface area contributed by atoms with Gasteiger partial charge in [-0.2, -0.15) is 11.8 Å². The monoisotopic (exact) mass is 320 g/mol. The molecule has 0 aromatic rings. The van der Waals surface area contributed by atoms with Crippen molar-refractivity contribution in [1.29, 1.82) is 0 Å². The molecule has 2 fully saturated rings. The zero-order valence-electron chi connectivity index (χ0n) is 12.9. The Morgan fingerprint density at radius 2 is 1.40 bits per heavy atom. The fourth-order valence-corrected chi connectivity index (χ4v) is 4.95. The van der Waals surface area contributed by atoms with E-state index in [0.29, 0.717) is 0 Å². The molecule has 0 spiro atoms. The van der Waals surface area contributed by atoms with Gasteiger partial charge in [-0.15, -0.1) is 12.4 Å². The van der Waals surface area contributed by atoms with E-state index < -0.39 is 0 Å². The predicted octanol–water partition coefficient (Wildman–Crippen LogP) is 5.44. The highest BCUT2D eigenvalue weighted by Gasteiger charge is 2.16. The molecule has 0 aliphatic heterocycles. The summed E-state index contributed by atoms with van der Waals surface area (Å²) in [5.41, 5.74) is 0. The van der Waals surface area contributed by atoms with Crippen LogP contribution in [0, 0.1) is 11.8 Å². The van der Waals surface area contributed by atoms with E-state index in [1.165, 1.54) is 76.4 Å². The molecule has 0 bridgehead atoms. The summed E-state index contributed by atoms with van der Waals surface area (Å²) in [6.07, 6.45) is 16.6. The lowest BCUT2D eigenvalue weighted by atomic mass is 9.85. The highest BCUT2D eigenvalue weighted by molar-refractivity contribution is 7.99. The molecule has 0 aromatic carbocycles. The Hall–Kier alpha value is 0.600. The van der Waals surface area contributed by atoms with Gasteiger partial charge >= 0.3 is 0 Å². The van der Waals surface area contributed by atoms with Crippen LogP contribution in [0.1, 0.15) is 77.0 Å². The van der Waals surface area contributed by atoms with Crippen molar-refractivity contribution in [3.8, 4) is 0 Å². The average molecular weight is 321 g/mol. The minimum Gasteiger partial charge on any atom is -0.392 e. The molecule has 120 valence electrons. The van der Waals surface area contributed by atoms with E-state index in [2.05, 4.69) is 0 Å². The van der Waals surface area contributed by atoms with Crippen molar-refractivity contribution in [3.63, 3.8) is 0 Å². The van der Waals surface area contributed by atoms with Crippen LogP contribution in [0.15, 0.2) is 0 Å². The molecule has 0 heterocycles. The van der Waals surface area contributed by atoms with Crippen LogP contribution < -0.4 is 0 Å². The van der Waals surface area contributed by atoms with Crippen molar-refractivity contribution in [3.05, 3.63) is 0 Å². The van der Waals surface area contributed by atoms with Crippen molar-refractivity contribution < 1.29 is 5.11 Å². The minimum absolute atomic E-state index is 0. The summed E-state index contributed by atoms with van der Waals surface area (Å²) in [5.74, 6) is 4.14. The third-order valence-corrected chi connectivity index (χ3v) is 6.35. The first-order valence-electron chi connectivity index (χ1n) is 8.60. The summed E-state index contributed by atoms with van der Waals surface area (Å²) >= 11 is 2.00. The van der Waals surface area contributed by atoms with Crippen molar-refractivity contribution >= 4 is 24.2 Å². The first kappa shape index (κ1) is 18.6. The van der Waals surface area contributed by atoms with Crippen LogP contribution >= 0.6 is 24.2 Å². The van der Waals surface area contributed by atoms with Crippen molar-refractivity contribution in [2.75, 3.05) is 11.5 Å². The molecule has 2 aliphatic carbocycles. The van der Waals surface area contributed by atoms with Crippen LogP contribution in [0.25, 0.3) is 0 Å². The van der Waals surface area contributed by atoms with Crippen LogP contribution in [-0.4, -0.2) is 22.7 Å². The van der Waals surface area contributed by atoms with Crippen molar-refractivity contribution in [1.82, 2.24) is 0 Å². The molecule has 0 radical (unpaired) electrons. The molecular weight excluding hydrogens is 288 g/mol. The van der Waals surface area contributed by atoms with Gasteiger partial charge in [-0.3, -0.25) is 0 Å². The Morgan fingerprint density at radius 1 is 0.850 bits per heavy atom. The SMILES string of the molecule is Cl.OC(CCC1CCCCC1)CSCC1CCCCC1. The van der Waals surface area contributed by atoms with Crippen LogP contribution in [-0.2, 0) is 0 Å². The summed E-state index contributed by atoms with van der Waals surface area (Å²) in [6.45, 7) is 0. The largest absolute Gasteiger partial charge is 0.392 e.